The average Bonchev–Trinajstić information content (AvgIpc) is 2.74. The molecule has 10 heteroatoms. The lowest BCUT2D eigenvalue weighted by Gasteiger charge is -2.40. The highest BCUT2D eigenvalue weighted by Crippen LogP contribution is 2.41. The van der Waals surface area contributed by atoms with Crippen LogP contribution in [-0.2, 0) is 9.16 Å². The number of aromatic nitrogens is 3. The Hall–Kier alpha value is -1.33. The van der Waals surface area contributed by atoms with Gasteiger partial charge in [0, 0.05) is 0 Å². The molecule has 2 heterocycles. The summed E-state index contributed by atoms with van der Waals surface area (Å²) in [7, 11) is -2.26. The number of aliphatic hydroxyl groups is 2. The molecule has 24 heavy (non-hydrogen) atoms. The van der Waals surface area contributed by atoms with E-state index < -0.39 is 38.5 Å². The Morgan fingerprint density at radius 2 is 2.08 bits per heavy atom. The number of hydrogen-bond donors (Lipinski definition) is 3. The fraction of sp³-hybridized carbons (Fsp3) is 0.786. The van der Waals surface area contributed by atoms with Crippen LogP contribution in [0, 0.1) is 0 Å². The molecule has 9 nitrogen and oxygen atoms in total. The van der Waals surface area contributed by atoms with Gasteiger partial charge in [-0.3, -0.25) is 4.57 Å². The minimum atomic E-state index is -2.26. The van der Waals surface area contributed by atoms with E-state index in [0.29, 0.717) is 0 Å². The monoisotopic (exact) mass is 358 g/mol. The van der Waals surface area contributed by atoms with Crippen molar-refractivity contribution in [3.05, 3.63) is 16.8 Å². The van der Waals surface area contributed by atoms with Crippen molar-refractivity contribution in [2.45, 2.75) is 63.4 Å². The van der Waals surface area contributed by atoms with Gasteiger partial charge in [-0.1, -0.05) is 20.8 Å². The van der Waals surface area contributed by atoms with Crippen molar-refractivity contribution in [2.75, 3.05) is 12.3 Å². The first-order valence-electron chi connectivity index (χ1n) is 7.81. The smallest absolute Gasteiger partial charge is 0.354 e. The first kappa shape index (κ1) is 19.0. The molecular formula is C14H26N4O5Si. The molecule has 0 unspecified atom stereocenters. The van der Waals surface area contributed by atoms with Crippen LogP contribution in [0.4, 0.5) is 5.95 Å². The lowest BCUT2D eigenvalue weighted by Crippen LogP contribution is -2.49. The van der Waals surface area contributed by atoms with Gasteiger partial charge in [0.15, 0.2) is 14.5 Å². The molecule has 0 amide bonds. The van der Waals surface area contributed by atoms with Crippen LogP contribution in [-0.4, -0.2) is 58.0 Å². The van der Waals surface area contributed by atoms with Crippen molar-refractivity contribution >= 4 is 14.3 Å². The lowest BCUT2D eigenvalue weighted by molar-refractivity contribution is -0.0538. The van der Waals surface area contributed by atoms with E-state index in [4.69, 9.17) is 14.9 Å². The summed E-state index contributed by atoms with van der Waals surface area (Å²) in [5.41, 5.74) is 4.76. The number of hydrogen-bond acceptors (Lipinski definition) is 8. The Bertz CT molecular complexity index is 645. The molecule has 1 aromatic heterocycles. The normalized spacial score (nSPS) is 28.3. The van der Waals surface area contributed by atoms with E-state index in [2.05, 4.69) is 30.7 Å². The molecule has 1 aromatic rings. The van der Waals surface area contributed by atoms with Crippen molar-refractivity contribution in [3.8, 4) is 0 Å². The lowest BCUT2D eigenvalue weighted by atomic mass is 10.1. The third-order valence-electron chi connectivity index (χ3n) is 4.75. The summed E-state index contributed by atoms with van der Waals surface area (Å²) in [6, 6.07) is 0. The van der Waals surface area contributed by atoms with Gasteiger partial charge in [0.1, 0.15) is 24.6 Å². The van der Waals surface area contributed by atoms with Crippen LogP contribution >= 0.6 is 0 Å². The quantitative estimate of drug-likeness (QED) is 0.634. The number of anilines is 1. The van der Waals surface area contributed by atoms with E-state index in [1.165, 1.54) is 6.33 Å². The fourth-order valence-electron chi connectivity index (χ4n) is 2.27. The topological polar surface area (TPSA) is 133 Å². The highest BCUT2D eigenvalue weighted by Gasteiger charge is 2.50. The first-order chi connectivity index (χ1) is 11.0. The Kier molecular flexibility index (Phi) is 5.16. The van der Waals surface area contributed by atoms with Gasteiger partial charge in [0.2, 0.25) is 5.95 Å². The predicted octanol–water partition coefficient (Wildman–Crippen LogP) is -0.138. The van der Waals surface area contributed by atoms with Crippen LogP contribution in [0.3, 0.4) is 0 Å². The van der Waals surface area contributed by atoms with E-state index in [1.807, 2.05) is 13.1 Å². The molecule has 0 spiro atoms. The van der Waals surface area contributed by atoms with Gasteiger partial charge in [-0.2, -0.15) is 4.98 Å². The molecule has 1 aliphatic heterocycles. The first-order valence-corrected chi connectivity index (χ1v) is 10.7. The van der Waals surface area contributed by atoms with Gasteiger partial charge >= 0.3 is 5.69 Å². The number of ether oxygens (including phenoxy) is 1. The zero-order chi connectivity index (χ0) is 18.3. The van der Waals surface area contributed by atoms with Crippen LogP contribution in [0.1, 0.15) is 27.0 Å². The number of rotatable bonds is 4. The molecule has 0 aliphatic carbocycles. The third kappa shape index (κ3) is 3.52. The van der Waals surface area contributed by atoms with Crippen molar-refractivity contribution < 1.29 is 19.4 Å². The highest BCUT2D eigenvalue weighted by molar-refractivity contribution is 6.74. The predicted molar refractivity (Wildman–Crippen MR) is 89.8 cm³/mol. The largest absolute Gasteiger partial charge is 0.407 e. The number of nitrogens with two attached hydrogens (primary N) is 1. The Labute approximate surface area is 141 Å². The van der Waals surface area contributed by atoms with E-state index in [1.54, 1.807) is 0 Å². The summed E-state index contributed by atoms with van der Waals surface area (Å²) >= 11 is 0. The molecule has 2 rings (SSSR count). The summed E-state index contributed by atoms with van der Waals surface area (Å²) < 4.78 is 13.0. The van der Waals surface area contributed by atoms with E-state index in [-0.39, 0.29) is 17.6 Å². The molecule has 1 saturated heterocycles. The molecule has 4 N–H and O–H groups in total. The highest BCUT2D eigenvalue weighted by atomic mass is 28.4. The molecule has 0 bridgehead atoms. The molecule has 1 fully saturated rings. The fourth-order valence-corrected chi connectivity index (χ4v) is 3.56. The van der Waals surface area contributed by atoms with E-state index in [0.717, 1.165) is 4.57 Å². The van der Waals surface area contributed by atoms with E-state index >= 15 is 0 Å². The molecule has 0 saturated carbocycles. The van der Waals surface area contributed by atoms with Crippen molar-refractivity contribution in [1.82, 2.24) is 14.5 Å². The minimum Gasteiger partial charge on any atom is -0.407 e. The Morgan fingerprint density at radius 1 is 1.46 bits per heavy atom. The Morgan fingerprint density at radius 3 is 2.58 bits per heavy atom. The average molecular weight is 358 g/mol. The molecule has 1 aliphatic rings. The number of nitrogen functional groups attached to an aromatic ring is 1. The van der Waals surface area contributed by atoms with Gasteiger partial charge < -0.3 is 25.1 Å². The second kappa shape index (κ2) is 6.52. The number of aliphatic hydroxyl groups excluding tert-OH is 2. The minimum absolute atomic E-state index is 0.100. The molecule has 136 valence electrons. The van der Waals surface area contributed by atoms with Crippen LogP contribution < -0.4 is 11.4 Å². The summed E-state index contributed by atoms with van der Waals surface area (Å²) in [4.78, 5) is 19.5. The van der Waals surface area contributed by atoms with E-state index in [9.17, 15) is 15.0 Å². The van der Waals surface area contributed by atoms with Gasteiger partial charge in [-0.25, -0.2) is 9.78 Å². The van der Waals surface area contributed by atoms with Crippen LogP contribution in [0.25, 0.3) is 0 Å². The van der Waals surface area contributed by atoms with Gasteiger partial charge in [-0.05, 0) is 18.1 Å². The second-order valence-corrected chi connectivity index (χ2v) is 12.2. The Balaban J connectivity index is 2.39. The molecule has 4 atom stereocenters. The standard InChI is InChI=1S/C14H26N4O5Si/c1-14(2,3)24(4,5)23-10-9(20)8(6-19)22-11(10)18-7-16-12(15)17-13(18)21/h7-11,19-20H,6H2,1-5H3,(H2,15,17,21)/t8-,9-,10-,11-/m1/s1. The van der Waals surface area contributed by atoms with Gasteiger partial charge in [0.05, 0.1) is 6.61 Å². The van der Waals surface area contributed by atoms with Gasteiger partial charge in [0.25, 0.3) is 0 Å². The van der Waals surface area contributed by atoms with Crippen LogP contribution in [0.5, 0.6) is 0 Å². The van der Waals surface area contributed by atoms with Crippen molar-refractivity contribution in [2.24, 2.45) is 0 Å². The number of nitrogens with zero attached hydrogens (tertiary/aromatic N) is 3. The SMILES string of the molecule is CC(C)(C)[Si](C)(C)O[C@@H]1[C@H](O)[C@@H](CO)O[C@H]1n1cnc(N)nc1=O. The third-order valence-corrected chi connectivity index (χ3v) is 9.22. The summed E-state index contributed by atoms with van der Waals surface area (Å²) in [6.07, 6.45) is -2.45. The van der Waals surface area contributed by atoms with Gasteiger partial charge in [-0.15, -0.1) is 0 Å². The maximum absolute atomic E-state index is 12.1. The maximum atomic E-state index is 12.1. The zero-order valence-corrected chi connectivity index (χ0v) is 15.6. The molecule has 0 aromatic carbocycles. The van der Waals surface area contributed by atoms with Crippen molar-refractivity contribution in [1.29, 1.82) is 0 Å². The zero-order valence-electron chi connectivity index (χ0n) is 14.6. The molecular weight excluding hydrogens is 332 g/mol. The van der Waals surface area contributed by atoms with Crippen LogP contribution in [0.2, 0.25) is 18.1 Å². The summed E-state index contributed by atoms with van der Waals surface area (Å²) in [5.74, 6) is -0.143. The molecule has 0 radical (unpaired) electrons. The maximum Gasteiger partial charge on any atom is 0.354 e. The summed E-state index contributed by atoms with van der Waals surface area (Å²) in [6.45, 7) is 9.88. The van der Waals surface area contributed by atoms with Crippen molar-refractivity contribution in [3.63, 3.8) is 0 Å². The van der Waals surface area contributed by atoms with Crippen LogP contribution in [0.15, 0.2) is 11.1 Å². The second-order valence-electron chi connectivity index (χ2n) is 7.49. The summed E-state index contributed by atoms with van der Waals surface area (Å²) in [5, 5.41) is 19.8.